The fourth-order valence-electron chi connectivity index (χ4n) is 3.27. The molecule has 148 valence electrons. The van der Waals surface area contributed by atoms with Crippen LogP contribution in [-0.2, 0) is 14.4 Å². The van der Waals surface area contributed by atoms with E-state index in [2.05, 4.69) is 10.6 Å². The van der Waals surface area contributed by atoms with Gasteiger partial charge < -0.3 is 15.7 Å². The van der Waals surface area contributed by atoms with Crippen LogP contribution in [0, 0.1) is 11.7 Å². The van der Waals surface area contributed by atoms with Crippen molar-refractivity contribution in [3.05, 3.63) is 30.1 Å². The molecule has 0 bridgehead atoms. The molecule has 0 radical (unpaired) electrons. The first-order valence-electron chi connectivity index (χ1n) is 8.93. The molecule has 3 unspecified atom stereocenters. The summed E-state index contributed by atoms with van der Waals surface area (Å²) in [5, 5.41) is 14.5. The van der Waals surface area contributed by atoms with E-state index in [1.807, 2.05) is 0 Å². The van der Waals surface area contributed by atoms with Gasteiger partial charge in [0.15, 0.2) is 0 Å². The van der Waals surface area contributed by atoms with Crippen LogP contribution in [0.2, 0.25) is 0 Å². The molecule has 0 spiro atoms. The summed E-state index contributed by atoms with van der Waals surface area (Å²) in [6.07, 6.45) is 2.89. The first-order chi connectivity index (χ1) is 12.7. The van der Waals surface area contributed by atoms with Gasteiger partial charge in [0, 0.05) is 5.69 Å². The summed E-state index contributed by atoms with van der Waals surface area (Å²) in [5.41, 5.74) is -0.287. The topological polar surface area (TPSA) is 95.5 Å². The van der Waals surface area contributed by atoms with Crippen LogP contribution in [-0.4, -0.2) is 39.4 Å². The maximum Gasteiger partial charge on any atom is 0.308 e. The van der Waals surface area contributed by atoms with E-state index < -0.39 is 22.7 Å². The highest BCUT2D eigenvalue weighted by molar-refractivity contribution is 8.01. The Hall–Kier alpha value is -2.09. The maximum atomic E-state index is 12.9. The standard InChI is InChI=1S/C19H25FN2O4S/c1-12(27-11-16(23)21-14-8-6-13(20)7-9-14)17(24)22-19(2)10-4-3-5-15(19)18(25)26/h6-9,12,15H,3-5,10-11H2,1-2H3,(H,21,23)(H,22,24)(H,25,26). The van der Waals surface area contributed by atoms with Gasteiger partial charge in [0.25, 0.3) is 0 Å². The van der Waals surface area contributed by atoms with Gasteiger partial charge in [0.1, 0.15) is 5.82 Å². The molecule has 3 atom stereocenters. The Balaban J connectivity index is 1.84. The lowest BCUT2D eigenvalue weighted by atomic mass is 9.74. The molecule has 0 aliphatic heterocycles. The fraction of sp³-hybridized carbons (Fsp3) is 0.526. The molecule has 0 aromatic heterocycles. The van der Waals surface area contributed by atoms with Gasteiger partial charge in [0.2, 0.25) is 11.8 Å². The van der Waals surface area contributed by atoms with Gasteiger partial charge in [-0.15, -0.1) is 11.8 Å². The summed E-state index contributed by atoms with van der Waals surface area (Å²) >= 11 is 1.17. The molecule has 1 aliphatic rings. The molecule has 1 aromatic rings. The Morgan fingerprint density at radius 2 is 1.96 bits per heavy atom. The van der Waals surface area contributed by atoms with Crippen LogP contribution in [0.3, 0.4) is 0 Å². The number of carbonyl (C=O) groups excluding carboxylic acids is 2. The van der Waals surface area contributed by atoms with Crippen molar-refractivity contribution in [3.63, 3.8) is 0 Å². The predicted octanol–water partition coefficient (Wildman–Crippen LogP) is 3.04. The molecule has 3 N–H and O–H groups in total. The van der Waals surface area contributed by atoms with E-state index in [0.717, 1.165) is 12.8 Å². The Kier molecular flexibility index (Phi) is 7.24. The van der Waals surface area contributed by atoms with Crippen LogP contribution in [0.4, 0.5) is 10.1 Å². The summed E-state index contributed by atoms with van der Waals surface area (Å²) < 4.78 is 12.9. The second kappa shape index (κ2) is 9.21. The van der Waals surface area contributed by atoms with Crippen molar-refractivity contribution in [3.8, 4) is 0 Å². The summed E-state index contributed by atoms with van der Waals surface area (Å²) in [7, 11) is 0. The minimum absolute atomic E-state index is 0.0606. The van der Waals surface area contributed by atoms with Crippen molar-refractivity contribution in [2.45, 2.75) is 50.3 Å². The minimum Gasteiger partial charge on any atom is -0.481 e. The van der Waals surface area contributed by atoms with Crippen molar-refractivity contribution in [2.75, 3.05) is 11.1 Å². The summed E-state index contributed by atoms with van der Waals surface area (Å²) in [6.45, 7) is 3.47. The molecule has 1 aliphatic carbocycles. The van der Waals surface area contributed by atoms with Gasteiger partial charge >= 0.3 is 5.97 Å². The highest BCUT2D eigenvalue weighted by atomic mass is 32.2. The SMILES string of the molecule is CC(SCC(=O)Nc1ccc(F)cc1)C(=O)NC1(C)CCCCC1C(=O)O. The van der Waals surface area contributed by atoms with Gasteiger partial charge in [-0.25, -0.2) is 4.39 Å². The number of carboxylic acids is 1. The lowest BCUT2D eigenvalue weighted by molar-refractivity contribution is -0.146. The molecule has 2 amide bonds. The van der Waals surface area contributed by atoms with Crippen LogP contribution in [0.5, 0.6) is 0 Å². The smallest absolute Gasteiger partial charge is 0.308 e. The lowest BCUT2D eigenvalue weighted by Gasteiger charge is -2.40. The van der Waals surface area contributed by atoms with Crippen LogP contribution in [0.25, 0.3) is 0 Å². The van der Waals surface area contributed by atoms with Gasteiger partial charge in [-0.05, 0) is 51.0 Å². The van der Waals surface area contributed by atoms with Gasteiger partial charge in [0.05, 0.1) is 22.5 Å². The molecule has 1 aromatic carbocycles. The summed E-state index contributed by atoms with van der Waals surface area (Å²) in [4.78, 5) is 36.0. The first kappa shape index (κ1) is 21.2. The van der Waals surface area contributed by atoms with E-state index in [-0.39, 0.29) is 23.4 Å². The third-order valence-corrected chi connectivity index (χ3v) is 6.02. The number of amides is 2. The van der Waals surface area contributed by atoms with Gasteiger partial charge in [-0.2, -0.15) is 0 Å². The van der Waals surface area contributed by atoms with Gasteiger partial charge in [-0.1, -0.05) is 12.8 Å². The van der Waals surface area contributed by atoms with E-state index in [0.29, 0.717) is 18.5 Å². The zero-order valence-electron chi connectivity index (χ0n) is 15.5. The molecular weight excluding hydrogens is 371 g/mol. The molecule has 0 saturated heterocycles. The second-order valence-corrected chi connectivity index (χ2v) is 8.38. The number of aliphatic carboxylic acids is 1. The quantitative estimate of drug-likeness (QED) is 0.658. The number of carbonyl (C=O) groups is 3. The van der Waals surface area contributed by atoms with Crippen molar-refractivity contribution < 1.29 is 23.9 Å². The van der Waals surface area contributed by atoms with E-state index >= 15 is 0 Å². The average molecular weight is 396 g/mol. The predicted molar refractivity (Wildman–Crippen MR) is 103 cm³/mol. The summed E-state index contributed by atoms with van der Waals surface area (Å²) in [5.74, 6) is -2.39. The monoisotopic (exact) mass is 396 g/mol. The van der Waals surface area contributed by atoms with E-state index in [4.69, 9.17) is 0 Å². The van der Waals surface area contributed by atoms with Crippen LogP contribution in [0.15, 0.2) is 24.3 Å². The number of carboxylic acid groups (broad SMARTS) is 1. The molecule has 6 nitrogen and oxygen atoms in total. The summed E-state index contributed by atoms with van der Waals surface area (Å²) in [6, 6.07) is 5.43. The number of anilines is 1. The zero-order valence-corrected chi connectivity index (χ0v) is 16.3. The largest absolute Gasteiger partial charge is 0.481 e. The highest BCUT2D eigenvalue weighted by Gasteiger charge is 2.42. The third kappa shape index (κ3) is 5.95. The Labute approximate surface area is 162 Å². The number of hydrogen-bond acceptors (Lipinski definition) is 4. The number of nitrogens with one attached hydrogen (secondary N) is 2. The molecule has 2 rings (SSSR count). The molecule has 27 heavy (non-hydrogen) atoms. The van der Waals surface area contributed by atoms with E-state index in [9.17, 15) is 23.9 Å². The minimum atomic E-state index is -0.892. The van der Waals surface area contributed by atoms with Crippen molar-refractivity contribution >= 4 is 35.2 Å². The number of hydrogen-bond donors (Lipinski definition) is 3. The van der Waals surface area contributed by atoms with Crippen molar-refractivity contribution in [2.24, 2.45) is 5.92 Å². The zero-order chi connectivity index (χ0) is 20.0. The van der Waals surface area contributed by atoms with E-state index in [1.54, 1.807) is 13.8 Å². The molecule has 0 heterocycles. The van der Waals surface area contributed by atoms with Crippen LogP contribution < -0.4 is 10.6 Å². The maximum absolute atomic E-state index is 12.9. The van der Waals surface area contributed by atoms with Crippen molar-refractivity contribution in [1.29, 1.82) is 0 Å². The third-order valence-electron chi connectivity index (χ3n) is 4.88. The van der Waals surface area contributed by atoms with Gasteiger partial charge in [-0.3, -0.25) is 14.4 Å². The van der Waals surface area contributed by atoms with E-state index in [1.165, 1.54) is 36.0 Å². The number of rotatable bonds is 7. The molecular formula is C19H25FN2O4S. The fourth-order valence-corrected chi connectivity index (χ4v) is 3.95. The average Bonchev–Trinajstić information content (AvgIpc) is 2.61. The number of benzene rings is 1. The Morgan fingerprint density at radius 3 is 2.59 bits per heavy atom. The van der Waals surface area contributed by atoms with Crippen LogP contribution in [0.1, 0.15) is 39.5 Å². The molecule has 1 saturated carbocycles. The Morgan fingerprint density at radius 1 is 1.30 bits per heavy atom. The normalized spacial score (nSPS) is 23.3. The first-order valence-corrected chi connectivity index (χ1v) is 9.98. The number of thioether (sulfide) groups is 1. The molecule has 8 heteroatoms. The second-order valence-electron chi connectivity index (χ2n) is 7.05. The molecule has 1 fully saturated rings. The highest BCUT2D eigenvalue weighted by Crippen LogP contribution is 2.34. The number of halogens is 1. The Bertz CT molecular complexity index is 697. The lowest BCUT2D eigenvalue weighted by Crippen LogP contribution is -2.57. The van der Waals surface area contributed by atoms with Crippen molar-refractivity contribution in [1.82, 2.24) is 5.32 Å². The van der Waals surface area contributed by atoms with Crippen LogP contribution >= 0.6 is 11.8 Å².